The molecule has 2 aromatic carbocycles. The van der Waals surface area contributed by atoms with Crippen molar-refractivity contribution in [3.63, 3.8) is 0 Å². The van der Waals surface area contributed by atoms with Gasteiger partial charge < -0.3 is 25.6 Å². The summed E-state index contributed by atoms with van der Waals surface area (Å²) >= 11 is 0. The predicted molar refractivity (Wildman–Crippen MR) is 123 cm³/mol. The van der Waals surface area contributed by atoms with Gasteiger partial charge in [-0.25, -0.2) is 0 Å². The first-order chi connectivity index (χ1) is 15.0. The van der Waals surface area contributed by atoms with Gasteiger partial charge in [0.15, 0.2) is 5.82 Å². The molecule has 1 aliphatic heterocycles. The lowest BCUT2D eigenvalue weighted by Gasteiger charge is -2.33. The van der Waals surface area contributed by atoms with Crippen molar-refractivity contribution in [1.29, 1.82) is 0 Å². The largest absolute Gasteiger partial charge is 0.497 e. The van der Waals surface area contributed by atoms with Crippen LogP contribution in [0.25, 0.3) is 0 Å². The average Bonchev–Trinajstić information content (AvgIpc) is 2.76. The third-order valence-electron chi connectivity index (χ3n) is 5.76. The summed E-state index contributed by atoms with van der Waals surface area (Å²) in [6, 6.07) is 14.4. The second kappa shape index (κ2) is 9.18. The first kappa shape index (κ1) is 20.9. The number of benzene rings is 2. The second-order valence-corrected chi connectivity index (χ2v) is 7.97. The van der Waals surface area contributed by atoms with Crippen LogP contribution in [0.4, 0.5) is 23.3 Å². The first-order valence-corrected chi connectivity index (χ1v) is 10.6. The van der Waals surface area contributed by atoms with E-state index in [1.165, 1.54) is 21.7 Å². The molecule has 1 fully saturated rings. The summed E-state index contributed by atoms with van der Waals surface area (Å²) in [6.07, 6.45) is 0. The molecule has 0 radical (unpaired) electrons. The third-order valence-corrected chi connectivity index (χ3v) is 5.76. The van der Waals surface area contributed by atoms with E-state index >= 15 is 0 Å². The fourth-order valence-corrected chi connectivity index (χ4v) is 3.81. The van der Waals surface area contributed by atoms with Gasteiger partial charge in [0.05, 0.1) is 33.3 Å². The topological polar surface area (TPSA) is 93.6 Å². The van der Waals surface area contributed by atoms with Gasteiger partial charge in [0, 0.05) is 17.4 Å². The van der Waals surface area contributed by atoms with E-state index in [9.17, 15) is 0 Å². The van der Waals surface area contributed by atoms with Gasteiger partial charge in [0.25, 0.3) is 0 Å². The summed E-state index contributed by atoms with van der Waals surface area (Å²) in [7, 11) is 1.70. The molecule has 31 heavy (non-hydrogen) atoms. The van der Waals surface area contributed by atoms with Crippen LogP contribution in [-0.2, 0) is 6.54 Å². The number of aromatic nitrogens is 3. The molecule has 0 unspecified atom stereocenters. The van der Waals surface area contributed by atoms with Crippen molar-refractivity contribution < 1.29 is 9.64 Å². The number of quaternary nitrogens is 1. The minimum absolute atomic E-state index is 0.241. The van der Waals surface area contributed by atoms with Crippen molar-refractivity contribution in [3.8, 4) is 5.75 Å². The Bertz CT molecular complexity index is 1050. The zero-order valence-corrected chi connectivity index (χ0v) is 18.4. The zero-order chi connectivity index (χ0) is 21.8. The average molecular weight is 421 g/mol. The Balaban J connectivity index is 1.39. The minimum atomic E-state index is 0.241. The number of anilines is 4. The summed E-state index contributed by atoms with van der Waals surface area (Å²) in [5.41, 5.74) is 10.6. The normalized spacial score (nSPS) is 14.5. The van der Waals surface area contributed by atoms with Crippen molar-refractivity contribution in [2.24, 2.45) is 0 Å². The summed E-state index contributed by atoms with van der Waals surface area (Å²) in [4.78, 5) is 17.1. The molecule has 0 aliphatic carbocycles. The number of aryl methyl sites for hydroxylation is 2. The zero-order valence-electron chi connectivity index (χ0n) is 18.4. The molecule has 3 aromatic rings. The van der Waals surface area contributed by atoms with E-state index in [1.807, 2.05) is 18.2 Å². The van der Waals surface area contributed by atoms with Crippen molar-refractivity contribution in [2.75, 3.05) is 49.2 Å². The number of hydrogen-bond donors (Lipinski definition) is 3. The van der Waals surface area contributed by atoms with Crippen molar-refractivity contribution in [1.82, 2.24) is 15.0 Å². The van der Waals surface area contributed by atoms with E-state index in [0.29, 0.717) is 11.8 Å². The predicted octanol–water partition coefficient (Wildman–Crippen LogP) is 1.73. The van der Waals surface area contributed by atoms with Gasteiger partial charge in [-0.3, -0.25) is 0 Å². The summed E-state index contributed by atoms with van der Waals surface area (Å²) in [6.45, 7) is 8.84. The van der Waals surface area contributed by atoms with E-state index in [0.717, 1.165) is 44.2 Å². The second-order valence-electron chi connectivity index (χ2n) is 7.97. The number of ether oxygens (including phenoxy) is 1. The Hall–Kier alpha value is -3.39. The van der Waals surface area contributed by atoms with Crippen LogP contribution in [0.15, 0.2) is 42.5 Å². The number of piperazine rings is 1. The molecule has 4 N–H and O–H groups in total. The Kier molecular flexibility index (Phi) is 6.18. The molecule has 1 saturated heterocycles. The van der Waals surface area contributed by atoms with E-state index in [1.54, 1.807) is 7.11 Å². The lowest BCUT2D eigenvalue weighted by molar-refractivity contribution is -0.915. The van der Waals surface area contributed by atoms with Gasteiger partial charge in [-0.2, -0.15) is 15.0 Å². The number of rotatable bonds is 6. The number of nitrogens with one attached hydrogen (secondary N) is 2. The van der Waals surface area contributed by atoms with E-state index < -0.39 is 0 Å². The van der Waals surface area contributed by atoms with Crippen molar-refractivity contribution in [3.05, 3.63) is 59.4 Å². The highest BCUT2D eigenvalue weighted by Gasteiger charge is 2.22. The lowest BCUT2D eigenvalue weighted by atomic mass is 10.1. The number of nitrogen functional groups attached to an aromatic ring is 1. The summed E-state index contributed by atoms with van der Waals surface area (Å²) in [5, 5.41) is 3.26. The highest BCUT2D eigenvalue weighted by Crippen LogP contribution is 2.21. The molecule has 8 nitrogen and oxygen atoms in total. The minimum Gasteiger partial charge on any atom is -0.497 e. The molecule has 4 rings (SSSR count). The molecule has 1 aliphatic rings. The van der Waals surface area contributed by atoms with E-state index in [4.69, 9.17) is 10.5 Å². The van der Waals surface area contributed by atoms with Gasteiger partial charge in [-0.05, 0) is 49.2 Å². The SMILES string of the molecule is COc1cccc(N2CC[NH+](Cc3nc(N)nc(Nc4ccc(C)c(C)c4)n3)CC2)c1. The maximum Gasteiger partial charge on any atom is 0.232 e. The monoisotopic (exact) mass is 420 g/mol. The smallest absolute Gasteiger partial charge is 0.232 e. The number of hydrogen-bond acceptors (Lipinski definition) is 7. The molecule has 0 amide bonds. The van der Waals surface area contributed by atoms with Crippen LogP contribution in [0.2, 0.25) is 0 Å². The van der Waals surface area contributed by atoms with Crippen LogP contribution in [0.1, 0.15) is 17.0 Å². The van der Waals surface area contributed by atoms with Crippen molar-refractivity contribution in [2.45, 2.75) is 20.4 Å². The Morgan fingerprint density at radius 1 is 1.03 bits per heavy atom. The molecular weight excluding hydrogens is 390 g/mol. The van der Waals surface area contributed by atoms with E-state index in [2.05, 4.69) is 63.3 Å². The number of nitrogens with zero attached hydrogens (tertiary/aromatic N) is 4. The number of methoxy groups -OCH3 is 1. The third kappa shape index (κ3) is 5.21. The summed E-state index contributed by atoms with van der Waals surface area (Å²) in [5.74, 6) is 2.33. The molecule has 162 valence electrons. The van der Waals surface area contributed by atoms with Crippen LogP contribution in [-0.4, -0.2) is 48.2 Å². The van der Waals surface area contributed by atoms with Gasteiger partial charge in [-0.15, -0.1) is 0 Å². The molecule has 0 bridgehead atoms. The number of nitrogens with two attached hydrogens (primary N) is 1. The molecule has 0 atom stereocenters. The standard InChI is InChI=1S/C23H29N7O/c1-16-7-8-18(13-17(16)2)25-23-27-21(26-22(24)28-23)15-29-9-11-30(12-10-29)19-5-4-6-20(14-19)31-3/h4-8,13-14H,9-12,15H2,1-3H3,(H3,24,25,26,27,28)/p+1. The van der Waals surface area contributed by atoms with Crippen molar-refractivity contribution >= 4 is 23.3 Å². The fourth-order valence-electron chi connectivity index (χ4n) is 3.81. The molecule has 8 heteroatoms. The lowest BCUT2D eigenvalue weighted by Crippen LogP contribution is -3.13. The molecule has 0 saturated carbocycles. The van der Waals surface area contributed by atoms with Crippen LogP contribution < -0.4 is 25.6 Å². The Labute approximate surface area is 183 Å². The highest BCUT2D eigenvalue weighted by atomic mass is 16.5. The van der Waals surface area contributed by atoms with Gasteiger partial charge in [0.1, 0.15) is 12.3 Å². The quantitative estimate of drug-likeness (QED) is 0.559. The summed E-state index contributed by atoms with van der Waals surface area (Å²) < 4.78 is 5.35. The maximum absolute atomic E-state index is 5.97. The van der Waals surface area contributed by atoms with Gasteiger partial charge in [0.2, 0.25) is 11.9 Å². The molecule has 2 heterocycles. The Morgan fingerprint density at radius 3 is 2.58 bits per heavy atom. The molecule has 1 aromatic heterocycles. The van der Waals surface area contributed by atoms with Crippen LogP contribution in [0.3, 0.4) is 0 Å². The van der Waals surface area contributed by atoms with E-state index in [-0.39, 0.29) is 5.95 Å². The highest BCUT2D eigenvalue weighted by molar-refractivity contribution is 5.56. The van der Waals surface area contributed by atoms with Gasteiger partial charge >= 0.3 is 0 Å². The molecular formula is C23H30N7O+. The Morgan fingerprint density at radius 2 is 1.84 bits per heavy atom. The first-order valence-electron chi connectivity index (χ1n) is 10.6. The van der Waals surface area contributed by atoms with Crippen LogP contribution in [0.5, 0.6) is 5.75 Å². The van der Waals surface area contributed by atoms with Crippen LogP contribution >= 0.6 is 0 Å². The fraction of sp³-hybridized carbons (Fsp3) is 0.348. The van der Waals surface area contributed by atoms with Gasteiger partial charge in [-0.1, -0.05) is 12.1 Å². The maximum atomic E-state index is 5.97. The molecule has 0 spiro atoms. The van der Waals surface area contributed by atoms with Crippen LogP contribution in [0, 0.1) is 13.8 Å².